The molecule has 23 heavy (non-hydrogen) atoms. The first-order valence-electron chi connectivity index (χ1n) is 7.09. The number of hydrogen-bond acceptors (Lipinski definition) is 4. The molecule has 0 saturated heterocycles. The number of anilines is 1. The number of halogens is 1. The Bertz CT molecular complexity index is 716. The van der Waals surface area contributed by atoms with Gasteiger partial charge in [0.25, 0.3) is 0 Å². The molecule has 0 N–H and O–H groups in total. The van der Waals surface area contributed by atoms with E-state index in [9.17, 15) is 4.79 Å². The number of nitrogens with zero attached hydrogens (tertiary/aromatic N) is 3. The van der Waals surface area contributed by atoms with Crippen LogP contribution in [0.4, 0.5) is 5.69 Å². The van der Waals surface area contributed by atoms with Gasteiger partial charge in [-0.15, -0.1) is 0 Å². The van der Waals surface area contributed by atoms with E-state index in [4.69, 9.17) is 16.9 Å². The van der Waals surface area contributed by atoms with Gasteiger partial charge in [-0.1, -0.05) is 29.4 Å². The molecule has 1 heterocycles. The van der Waals surface area contributed by atoms with Crippen molar-refractivity contribution in [3.05, 3.63) is 53.2 Å². The molecule has 2 aromatic rings. The highest BCUT2D eigenvalue weighted by Crippen LogP contribution is 2.24. The fourth-order valence-corrected chi connectivity index (χ4v) is 2.86. The predicted octanol–water partition coefficient (Wildman–Crippen LogP) is 4.08. The van der Waals surface area contributed by atoms with Gasteiger partial charge in [0, 0.05) is 23.5 Å². The number of nitriles is 1. The van der Waals surface area contributed by atoms with Crippen molar-refractivity contribution in [1.82, 2.24) is 4.98 Å². The Labute approximate surface area is 145 Å². The van der Waals surface area contributed by atoms with Crippen LogP contribution in [0.5, 0.6) is 0 Å². The van der Waals surface area contributed by atoms with Crippen LogP contribution in [-0.4, -0.2) is 23.2 Å². The highest BCUT2D eigenvalue weighted by molar-refractivity contribution is 7.99. The summed E-state index contributed by atoms with van der Waals surface area (Å²) in [6.07, 6.45) is 1.98. The van der Waals surface area contributed by atoms with Crippen LogP contribution in [0.15, 0.2) is 47.6 Å². The molecule has 0 radical (unpaired) electrons. The summed E-state index contributed by atoms with van der Waals surface area (Å²) in [5.74, 6) is 0.210. The minimum absolute atomic E-state index is 0.0578. The second kappa shape index (κ2) is 8.56. The summed E-state index contributed by atoms with van der Waals surface area (Å²) in [6.45, 7) is 2.25. The first-order valence-corrected chi connectivity index (χ1v) is 8.45. The number of pyridine rings is 1. The van der Waals surface area contributed by atoms with Gasteiger partial charge < -0.3 is 4.90 Å². The fourth-order valence-electron chi connectivity index (χ4n) is 2.00. The van der Waals surface area contributed by atoms with E-state index in [2.05, 4.69) is 11.1 Å². The zero-order valence-electron chi connectivity index (χ0n) is 12.7. The Hall–Kier alpha value is -2.03. The van der Waals surface area contributed by atoms with Gasteiger partial charge in [-0.25, -0.2) is 4.98 Å². The van der Waals surface area contributed by atoms with Crippen molar-refractivity contribution in [2.45, 2.75) is 18.4 Å². The molecule has 0 unspecified atom stereocenters. The molecular weight excluding hydrogens is 330 g/mol. The van der Waals surface area contributed by atoms with Crippen LogP contribution >= 0.6 is 23.4 Å². The highest BCUT2D eigenvalue weighted by atomic mass is 35.5. The van der Waals surface area contributed by atoms with Crippen molar-refractivity contribution >= 4 is 35.0 Å². The zero-order chi connectivity index (χ0) is 16.7. The van der Waals surface area contributed by atoms with E-state index in [-0.39, 0.29) is 18.1 Å². The van der Waals surface area contributed by atoms with Crippen molar-refractivity contribution < 1.29 is 4.79 Å². The third-order valence-electron chi connectivity index (χ3n) is 3.18. The number of aryl methyl sites for hydroxylation is 1. The Balaban J connectivity index is 2.12. The number of carbonyl (C=O) groups is 1. The lowest BCUT2D eigenvalue weighted by Gasteiger charge is -2.22. The van der Waals surface area contributed by atoms with Crippen LogP contribution in [0, 0.1) is 18.3 Å². The summed E-state index contributed by atoms with van der Waals surface area (Å²) in [5.41, 5.74) is 1.66. The maximum absolute atomic E-state index is 12.6. The maximum atomic E-state index is 12.6. The molecule has 6 heteroatoms. The van der Waals surface area contributed by atoms with Gasteiger partial charge >= 0.3 is 0 Å². The number of benzene rings is 1. The Morgan fingerprint density at radius 3 is 2.87 bits per heavy atom. The SMILES string of the molecule is Cc1cc(N(CCC#N)C(=O)CSc2ccccn2)ccc1Cl. The van der Waals surface area contributed by atoms with Gasteiger partial charge in [0.2, 0.25) is 5.91 Å². The average Bonchev–Trinajstić information content (AvgIpc) is 2.57. The molecule has 0 aliphatic heterocycles. The smallest absolute Gasteiger partial charge is 0.237 e. The van der Waals surface area contributed by atoms with Crippen molar-refractivity contribution in [1.29, 1.82) is 5.26 Å². The van der Waals surface area contributed by atoms with Gasteiger partial charge in [0.1, 0.15) is 0 Å². The first-order chi connectivity index (χ1) is 11.1. The van der Waals surface area contributed by atoms with Gasteiger partial charge in [0.15, 0.2) is 0 Å². The Morgan fingerprint density at radius 2 is 2.22 bits per heavy atom. The van der Waals surface area contributed by atoms with Crippen LogP contribution in [0.3, 0.4) is 0 Å². The van der Waals surface area contributed by atoms with E-state index >= 15 is 0 Å². The summed E-state index contributed by atoms with van der Waals surface area (Å²) in [5, 5.41) is 10.3. The monoisotopic (exact) mass is 345 g/mol. The van der Waals surface area contributed by atoms with Gasteiger partial charge in [0.05, 0.1) is 23.3 Å². The fraction of sp³-hybridized carbons (Fsp3) is 0.235. The van der Waals surface area contributed by atoms with E-state index in [1.54, 1.807) is 23.2 Å². The number of aromatic nitrogens is 1. The molecule has 1 aromatic carbocycles. The molecule has 4 nitrogen and oxygen atoms in total. The molecule has 0 aliphatic carbocycles. The standard InChI is InChI=1S/C17H16ClN3OS/c1-13-11-14(6-7-15(13)18)21(10-4-8-19)17(22)12-23-16-5-2-3-9-20-16/h2-3,5-7,9,11H,4,10,12H2,1H3. The summed E-state index contributed by atoms with van der Waals surface area (Å²) in [4.78, 5) is 18.4. The summed E-state index contributed by atoms with van der Waals surface area (Å²) >= 11 is 7.42. The molecule has 118 valence electrons. The maximum Gasteiger partial charge on any atom is 0.237 e. The van der Waals surface area contributed by atoms with Crippen molar-refractivity contribution in [3.63, 3.8) is 0 Å². The van der Waals surface area contributed by atoms with Crippen molar-refractivity contribution in [3.8, 4) is 6.07 Å². The molecule has 0 fully saturated rings. The lowest BCUT2D eigenvalue weighted by Crippen LogP contribution is -2.33. The van der Waals surface area contributed by atoms with Crippen molar-refractivity contribution in [2.75, 3.05) is 17.2 Å². The number of hydrogen-bond donors (Lipinski definition) is 0. The molecular formula is C17H16ClN3OS. The largest absolute Gasteiger partial charge is 0.311 e. The molecule has 0 spiro atoms. The molecule has 0 saturated carbocycles. The number of thioether (sulfide) groups is 1. The summed E-state index contributed by atoms with van der Waals surface area (Å²) in [6, 6.07) is 13.1. The van der Waals surface area contributed by atoms with Gasteiger partial charge in [-0.05, 0) is 42.8 Å². The third-order valence-corrected chi connectivity index (χ3v) is 4.54. The lowest BCUT2D eigenvalue weighted by molar-refractivity contribution is -0.116. The van der Waals surface area contributed by atoms with E-state index in [0.717, 1.165) is 16.3 Å². The Morgan fingerprint density at radius 1 is 1.39 bits per heavy atom. The van der Waals surface area contributed by atoms with Crippen LogP contribution in [0.2, 0.25) is 5.02 Å². The quantitative estimate of drug-likeness (QED) is 0.740. The molecule has 1 amide bonds. The minimum Gasteiger partial charge on any atom is -0.311 e. The molecule has 0 aliphatic rings. The molecule has 1 aromatic heterocycles. The number of carbonyl (C=O) groups excluding carboxylic acids is 1. The van der Waals surface area contributed by atoms with Crippen LogP contribution < -0.4 is 4.90 Å². The first kappa shape index (κ1) is 17.3. The lowest BCUT2D eigenvalue weighted by atomic mass is 10.2. The second-order valence-corrected chi connectivity index (χ2v) is 6.25. The minimum atomic E-state index is -0.0578. The molecule has 2 rings (SSSR count). The predicted molar refractivity (Wildman–Crippen MR) is 93.7 cm³/mol. The topological polar surface area (TPSA) is 57.0 Å². The van der Waals surface area contributed by atoms with Gasteiger partial charge in [-0.2, -0.15) is 5.26 Å². The summed E-state index contributed by atoms with van der Waals surface area (Å²) < 4.78 is 0. The Kier molecular flexibility index (Phi) is 6.45. The van der Waals surface area contributed by atoms with Gasteiger partial charge in [-0.3, -0.25) is 4.79 Å². The second-order valence-electron chi connectivity index (χ2n) is 4.84. The normalized spacial score (nSPS) is 10.1. The van der Waals surface area contributed by atoms with Crippen LogP contribution in [-0.2, 0) is 4.79 Å². The van der Waals surface area contributed by atoms with Crippen molar-refractivity contribution in [2.24, 2.45) is 0 Å². The van der Waals surface area contributed by atoms with Crippen LogP contribution in [0.1, 0.15) is 12.0 Å². The van der Waals surface area contributed by atoms with E-state index < -0.39 is 0 Å². The molecule has 0 bridgehead atoms. The number of rotatable bonds is 6. The van der Waals surface area contributed by atoms with E-state index in [1.165, 1.54) is 11.8 Å². The highest BCUT2D eigenvalue weighted by Gasteiger charge is 2.16. The van der Waals surface area contributed by atoms with E-state index in [0.29, 0.717) is 11.6 Å². The van der Waals surface area contributed by atoms with Crippen LogP contribution in [0.25, 0.3) is 0 Å². The average molecular weight is 346 g/mol. The third kappa shape index (κ3) is 4.98. The zero-order valence-corrected chi connectivity index (χ0v) is 14.3. The van der Waals surface area contributed by atoms with E-state index in [1.807, 2.05) is 31.2 Å². The summed E-state index contributed by atoms with van der Waals surface area (Å²) in [7, 11) is 0. The number of amides is 1. The molecule has 0 atom stereocenters.